The number of hydrogen-bond acceptors (Lipinski definition) is 2. The van der Waals surface area contributed by atoms with Crippen LogP contribution in [0.5, 0.6) is 0 Å². The summed E-state index contributed by atoms with van der Waals surface area (Å²) in [5.41, 5.74) is 5.44. The quantitative estimate of drug-likeness (QED) is 0.710. The largest absolute Gasteiger partial charge is 0.352 e. The molecule has 1 amide bonds. The highest BCUT2D eigenvalue weighted by molar-refractivity contribution is 5.85. The van der Waals surface area contributed by atoms with Gasteiger partial charge in [0.1, 0.15) is 0 Å². The second-order valence-electron chi connectivity index (χ2n) is 4.14. The van der Waals surface area contributed by atoms with Crippen molar-refractivity contribution in [1.29, 1.82) is 0 Å². The lowest BCUT2D eigenvalue weighted by Gasteiger charge is -2.06. The Hall–Kier alpha value is -0.280. The monoisotopic (exact) mass is 204 g/mol. The number of carbonyl (C=O) groups excluding carboxylic acids is 1. The predicted molar refractivity (Wildman–Crippen MR) is 53.7 cm³/mol. The van der Waals surface area contributed by atoms with Gasteiger partial charge in [-0.2, -0.15) is 0 Å². The summed E-state index contributed by atoms with van der Waals surface area (Å²) < 4.78 is 0. The van der Waals surface area contributed by atoms with Gasteiger partial charge in [-0.1, -0.05) is 0 Å². The zero-order valence-corrected chi connectivity index (χ0v) is 8.64. The molecule has 2 rings (SSSR count). The third kappa shape index (κ3) is 2.58. The minimum absolute atomic E-state index is 0. The van der Waals surface area contributed by atoms with Crippen LogP contribution in [0.15, 0.2) is 0 Å². The lowest BCUT2D eigenvalue weighted by atomic mass is 10.2. The first-order valence-corrected chi connectivity index (χ1v) is 4.74. The minimum Gasteiger partial charge on any atom is -0.352 e. The van der Waals surface area contributed by atoms with E-state index in [2.05, 4.69) is 5.32 Å². The molecule has 2 saturated carbocycles. The number of hydrogen-bond donors (Lipinski definition) is 2. The Kier molecular flexibility index (Phi) is 3.19. The van der Waals surface area contributed by atoms with Crippen LogP contribution in [-0.4, -0.2) is 18.0 Å². The Morgan fingerprint density at radius 2 is 2.15 bits per heavy atom. The molecule has 0 aromatic rings. The van der Waals surface area contributed by atoms with Crippen LogP contribution < -0.4 is 11.1 Å². The Balaban J connectivity index is 0.000000845. The van der Waals surface area contributed by atoms with Gasteiger partial charge in [0, 0.05) is 6.04 Å². The molecular weight excluding hydrogens is 188 g/mol. The maximum absolute atomic E-state index is 11.1. The Morgan fingerprint density at radius 1 is 1.54 bits per heavy atom. The summed E-state index contributed by atoms with van der Waals surface area (Å²) in [7, 11) is 0. The molecule has 13 heavy (non-hydrogen) atoms. The molecule has 0 radical (unpaired) electrons. The molecule has 0 aromatic heterocycles. The molecule has 4 heteroatoms. The molecule has 3 nitrogen and oxygen atoms in total. The van der Waals surface area contributed by atoms with Gasteiger partial charge in [-0.05, 0) is 38.0 Å². The van der Waals surface area contributed by atoms with E-state index in [1.165, 1.54) is 19.3 Å². The molecule has 2 unspecified atom stereocenters. The molecule has 0 aromatic carbocycles. The lowest BCUT2D eigenvalue weighted by molar-refractivity contribution is -0.122. The van der Waals surface area contributed by atoms with Crippen LogP contribution in [0.3, 0.4) is 0 Å². The first-order chi connectivity index (χ1) is 5.68. The Labute approximate surface area is 84.9 Å². The van der Waals surface area contributed by atoms with Crippen molar-refractivity contribution < 1.29 is 4.79 Å². The summed E-state index contributed by atoms with van der Waals surface area (Å²) in [6, 6.07) is 0.0986. The third-order valence-electron chi connectivity index (χ3n) is 2.81. The number of rotatable bonds is 3. The fourth-order valence-corrected chi connectivity index (χ4v) is 1.74. The summed E-state index contributed by atoms with van der Waals surface area (Å²) in [6.45, 7) is 1.73. The van der Waals surface area contributed by atoms with E-state index in [0.717, 1.165) is 11.8 Å². The van der Waals surface area contributed by atoms with Crippen molar-refractivity contribution in [3.05, 3.63) is 0 Å². The van der Waals surface area contributed by atoms with E-state index in [-0.39, 0.29) is 24.4 Å². The zero-order chi connectivity index (χ0) is 8.72. The van der Waals surface area contributed by atoms with Crippen molar-refractivity contribution in [2.24, 2.45) is 17.6 Å². The van der Waals surface area contributed by atoms with E-state index in [1.807, 2.05) is 0 Å². The second-order valence-corrected chi connectivity index (χ2v) is 4.14. The van der Waals surface area contributed by atoms with Gasteiger partial charge in [-0.25, -0.2) is 0 Å². The Bertz CT molecular complexity index is 204. The van der Waals surface area contributed by atoms with Gasteiger partial charge >= 0.3 is 0 Å². The minimum atomic E-state index is -0.356. The van der Waals surface area contributed by atoms with E-state index in [0.29, 0.717) is 6.04 Å². The van der Waals surface area contributed by atoms with Crippen molar-refractivity contribution >= 4 is 18.3 Å². The van der Waals surface area contributed by atoms with Gasteiger partial charge in [-0.3, -0.25) is 4.79 Å². The molecule has 3 N–H and O–H groups in total. The smallest absolute Gasteiger partial charge is 0.236 e. The van der Waals surface area contributed by atoms with Gasteiger partial charge in [0.15, 0.2) is 0 Å². The van der Waals surface area contributed by atoms with Crippen LogP contribution in [0.1, 0.15) is 26.2 Å². The topological polar surface area (TPSA) is 55.1 Å². The first-order valence-electron chi connectivity index (χ1n) is 4.74. The van der Waals surface area contributed by atoms with E-state index >= 15 is 0 Å². The summed E-state index contributed by atoms with van der Waals surface area (Å²) in [5.74, 6) is 1.71. The average Bonchev–Trinajstić information content (AvgIpc) is 2.79. The third-order valence-corrected chi connectivity index (χ3v) is 2.81. The van der Waals surface area contributed by atoms with Gasteiger partial charge in [0.2, 0.25) is 5.91 Å². The SMILES string of the molecule is C[C@H](N)C(=O)NC1CC1C1CC1.Cl. The number of carbonyl (C=O) groups is 1. The first kappa shape index (κ1) is 10.8. The number of amides is 1. The van der Waals surface area contributed by atoms with Crippen molar-refractivity contribution in [1.82, 2.24) is 5.32 Å². The number of halogens is 1. The van der Waals surface area contributed by atoms with Crippen LogP contribution in [0, 0.1) is 11.8 Å². The van der Waals surface area contributed by atoms with Crippen LogP contribution in [0.25, 0.3) is 0 Å². The Morgan fingerprint density at radius 3 is 2.62 bits per heavy atom. The van der Waals surface area contributed by atoms with Gasteiger partial charge in [0.25, 0.3) is 0 Å². The van der Waals surface area contributed by atoms with Crippen molar-refractivity contribution in [2.75, 3.05) is 0 Å². The molecule has 3 atom stereocenters. The normalized spacial score (nSPS) is 33.1. The highest BCUT2D eigenvalue weighted by atomic mass is 35.5. The molecule has 0 aliphatic heterocycles. The predicted octanol–water partition coefficient (Wildman–Crippen LogP) is 0.670. The summed E-state index contributed by atoms with van der Waals surface area (Å²) >= 11 is 0. The van der Waals surface area contributed by atoms with E-state index in [9.17, 15) is 4.79 Å². The summed E-state index contributed by atoms with van der Waals surface area (Å²) in [5, 5.41) is 2.96. The maximum atomic E-state index is 11.1. The average molecular weight is 205 g/mol. The van der Waals surface area contributed by atoms with Gasteiger partial charge < -0.3 is 11.1 Å². The van der Waals surface area contributed by atoms with E-state index in [1.54, 1.807) is 6.92 Å². The van der Waals surface area contributed by atoms with Crippen LogP contribution in [-0.2, 0) is 4.79 Å². The highest BCUT2D eigenvalue weighted by Crippen LogP contribution is 2.49. The van der Waals surface area contributed by atoms with Crippen molar-refractivity contribution in [2.45, 2.75) is 38.3 Å². The fourth-order valence-electron chi connectivity index (χ4n) is 1.74. The molecular formula is C9H17ClN2O. The molecule has 0 bridgehead atoms. The maximum Gasteiger partial charge on any atom is 0.236 e. The second kappa shape index (κ2) is 3.84. The zero-order valence-electron chi connectivity index (χ0n) is 7.82. The fraction of sp³-hybridized carbons (Fsp3) is 0.889. The molecule has 76 valence electrons. The van der Waals surface area contributed by atoms with E-state index < -0.39 is 0 Å². The lowest BCUT2D eigenvalue weighted by Crippen LogP contribution is -2.40. The van der Waals surface area contributed by atoms with Gasteiger partial charge in [0.05, 0.1) is 6.04 Å². The van der Waals surface area contributed by atoms with Crippen molar-refractivity contribution in [3.8, 4) is 0 Å². The van der Waals surface area contributed by atoms with Crippen LogP contribution in [0.4, 0.5) is 0 Å². The van der Waals surface area contributed by atoms with Gasteiger partial charge in [-0.15, -0.1) is 12.4 Å². The van der Waals surface area contributed by atoms with Crippen molar-refractivity contribution in [3.63, 3.8) is 0 Å². The van der Waals surface area contributed by atoms with E-state index in [4.69, 9.17) is 5.73 Å². The number of nitrogens with one attached hydrogen (secondary N) is 1. The molecule has 2 aliphatic rings. The molecule has 0 spiro atoms. The highest BCUT2D eigenvalue weighted by Gasteiger charge is 2.48. The van der Waals surface area contributed by atoms with Crippen LogP contribution in [0.2, 0.25) is 0 Å². The standard InChI is InChI=1S/C9H16N2O.ClH/c1-5(10)9(12)11-8-4-7(8)6-2-3-6;/h5-8H,2-4,10H2,1H3,(H,11,12);1H/t5-,7?,8?;/m0./s1. The molecule has 0 saturated heterocycles. The molecule has 2 fully saturated rings. The summed E-state index contributed by atoms with van der Waals surface area (Å²) in [6.07, 6.45) is 3.92. The number of nitrogens with two attached hydrogens (primary N) is 1. The van der Waals surface area contributed by atoms with Crippen LogP contribution >= 0.6 is 12.4 Å². The summed E-state index contributed by atoms with van der Waals surface area (Å²) in [4.78, 5) is 11.1. The molecule has 2 aliphatic carbocycles. The molecule has 0 heterocycles.